The van der Waals surface area contributed by atoms with Crippen LogP contribution in [0.1, 0.15) is 45.4 Å². The van der Waals surface area contributed by atoms with Crippen LogP contribution in [-0.2, 0) is 9.59 Å². The van der Waals surface area contributed by atoms with Crippen LogP contribution in [0.25, 0.3) is 0 Å². The molecule has 1 aliphatic rings. The van der Waals surface area contributed by atoms with Crippen molar-refractivity contribution in [3.63, 3.8) is 0 Å². The van der Waals surface area contributed by atoms with Gasteiger partial charge in [-0.2, -0.15) is 0 Å². The van der Waals surface area contributed by atoms with Crippen LogP contribution in [-0.4, -0.2) is 27.4 Å². The number of nitrogens with zero attached hydrogens (tertiary/aromatic N) is 1. The maximum absolute atomic E-state index is 12.2. The third-order valence-electron chi connectivity index (χ3n) is 3.47. The van der Waals surface area contributed by atoms with Crippen LogP contribution in [0.5, 0.6) is 0 Å². The number of piperidine rings is 1. The standard InChI is InChI=1S/C14H19NO4/c1-14(2,3)15-11(16)7-6-9(13(17)18)12(15)10-5-4-8-19-10/h4-5,8-9,12H,6-7H2,1-3H3,(H,17,18). The molecule has 0 bridgehead atoms. The molecule has 1 amide bonds. The molecule has 2 heterocycles. The van der Waals surface area contributed by atoms with E-state index in [1.807, 2.05) is 20.8 Å². The fourth-order valence-corrected chi connectivity index (χ4v) is 2.73. The molecule has 2 rings (SSSR count). The number of likely N-dealkylation sites (tertiary alicyclic amines) is 1. The molecule has 1 aliphatic heterocycles. The number of hydrogen-bond acceptors (Lipinski definition) is 3. The third kappa shape index (κ3) is 2.50. The molecule has 2 unspecified atom stereocenters. The summed E-state index contributed by atoms with van der Waals surface area (Å²) in [6, 6.07) is 2.92. The van der Waals surface area contributed by atoms with E-state index < -0.39 is 23.5 Å². The number of rotatable bonds is 2. The van der Waals surface area contributed by atoms with Gasteiger partial charge in [-0.15, -0.1) is 0 Å². The van der Waals surface area contributed by atoms with Gasteiger partial charge in [0.25, 0.3) is 0 Å². The molecule has 104 valence electrons. The number of carboxylic acid groups (broad SMARTS) is 1. The van der Waals surface area contributed by atoms with Gasteiger partial charge < -0.3 is 14.4 Å². The summed E-state index contributed by atoms with van der Waals surface area (Å²) in [7, 11) is 0. The highest BCUT2D eigenvalue weighted by molar-refractivity contribution is 5.82. The Morgan fingerprint density at radius 1 is 1.47 bits per heavy atom. The van der Waals surface area contributed by atoms with Crippen LogP contribution in [0, 0.1) is 5.92 Å². The van der Waals surface area contributed by atoms with Gasteiger partial charge in [0.1, 0.15) is 11.8 Å². The first-order valence-electron chi connectivity index (χ1n) is 6.40. The van der Waals surface area contributed by atoms with Crippen LogP contribution in [0.2, 0.25) is 0 Å². The molecule has 0 aliphatic carbocycles. The molecule has 1 saturated heterocycles. The number of carbonyl (C=O) groups is 2. The molecule has 19 heavy (non-hydrogen) atoms. The van der Waals surface area contributed by atoms with Gasteiger partial charge in [0.2, 0.25) is 5.91 Å². The highest BCUT2D eigenvalue weighted by Gasteiger charge is 2.46. The summed E-state index contributed by atoms with van der Waals surface area (Å²) in [5.41, 5.74) is -0.442. The van der Waals surface area contributed by atoms with Crippen molar-refractivity contribution in [2.45, 2.75) is 45.2 Å². The van der Waals surface area contributed by atoms with Crippen molar-refractivity contribution in [2.75, 3.05) is 0 Å². The van der Waals surface area contributed by atoms with Gasteiger partial charge in [0.15, 0.2) is 0 Å². The van der Waals surface area contributed by atoms with Crippen LogP contribution < -0.4 is 0 Å². The number of amides is 1. The minimum absolute atomic E-state index is 0.0219. The summed E-state index contributed by atoms with van der Waals surface area (Å²) < 4.78 is 5.37. The Morgan fingerprint density at radius 2 is 2.16 bits per heavy atom. The summed E-state index contributed by atoms with van der Waals surface area (Å²) >= 11 is 0. The van der Waals surface area contributed by atoms with Crippen LogP contribution in [0.15, 0.2) is 22.8 Å². The van der Waals surface area contributed by atoms with Crippen LogP contribution in [0.3, 0.4) is 0 Å². The second-order valence-electron chi connectivity index (χ2n) is 5.88. The largest absolute Gasteiger partial charge is 0.481 e. The number of carboxylic acids is 1. The minimum Gasteiger partial charge on any atom is -0.481 e. The summed E-state index contributed by atoms with van der Waals surface area (Å²) in [5.74, 6) is -0.993. The fraction of sp³-hybridized carbons (Fsp3) is 0.571. The van der Waals surface area contributed by atoms with E-state index in [1.54, 1.807) is 17.0 Å². The van der Waals surface area contributed by atoms with Gasteiger partial charge in [0.05, 0.1) is 12.2 Å². The van der Waals surface area contributed by atoms with Gasteiger partial charge in [-0.25, -0.2) is 0 Å². The van der Waals surface area contributed by atoms with Gasteiger partial charge in [0, 0.05) is 12.0 Å². The zero-order chi connectivity index (χ0) is 14.2. The predicted molar refractivity (Wildman–Crippen MR) is 68.4 cm³/mol. The number of aliphatic carboxylic acids is 1. The first kappa shape index (κ1) is 13.6. The first-order valence-corrected chi connectivity index (χ1v) is 6.40. The van der Waals surface area contributed by atoms with E-state index in [4.69, 9.17) is 4.42 Å². The van der Waals surface area contributed by atoms with E-state index in [0.29, 0.717) is 12.2 Å². The Bertz CT molecular complexity index is 472. The molecule has 0 aromatic carbocycles. The Morgan fingerprint density at radius 3 is 2.63 bits per heavy atom. The number of carbonyl (C=O) groups excluding carboxylic acids is 1. The Balaban J connectivity index is 2.47. The van der Waals surface area contributed by atoms with Crippen molar-refractivity contribution in [3.8, 4) is 0 Å². The molecular formula is C14H19NO4. The summed E-state index contributed by atoms with van der Waals surface area (Å²) in [6.07, 6.45) is 2.13. The lowest BCUT2D eigenvalue weighted by atomic mass is 9.84. The van der Waals surface area contributed by atoms with E-state index >= 15 is 0 Å². The monoisotopic (exact) mass is 265 g/mol. The maximum Gasteiger partial charge on any atom is 0.309 e. The Hall–Kier alpha value is -1.78. The molecule has 5 heteroatoms. The molecule has 2 atom stereocenters. The highest BCUT2D eigenvalue weighted by Crippen LogP contribution is 2.41. The van der Waals surface area contributed by atoms with Crippen molar-refractivity contribution in [2.24, 2.45) is 5.92 Å². The molecule has 0 saturated carbocycles. The molecule has 1 fully saturated rings. The molecule has 5 nitrogen and oxygen atoms in total. The average molecular weight is 265 g/mol. The van der Waals surface area contributed by atoms with Crippen molar-refractivity contribution in [1.82, 2.24) is 4.90 Å². The van der Waals surface area contributed by atoms with Gasteiger partial charge in [-0.3, -0.25) is 9.59 Å². The van der Waals surface area contributed by atoms with Crippen molar-refractivity contribution >= 4 is 11.9 Å². The van der Waals surface area contributed by atoms with Gasteiger partial charge in [-0.05, 0) is 39.3 Å². The number of furan rings is 1. The van der Waals surface area contributed by atoms with Crippen molar-refractivity contribution in [3.05, 3.63) is 24.2 Å². The van der Waals surface area contributed by atoms with E-state index in [0.717, 1.165) is 0 Å². The zero-order valence-corrected chi connectivity index (χ0v) is 11.4. The second-order valence-corrected chi connectivity index (χ2v) is 5.88. The third-order valence-corrected chi connectivity index (χ3v) is 3.47. The molecule has 0 radical (unpaired) electrons. The highest BCUT2D eigenvalue weighted by atomic mass is 16.4. The van der Waals surface area contributed by atoms with E-state index in [-0.39, 0.29) is 12.3 Å². The summed E-state index contributed by atoms with van der Waals surface area (Å²) in [6.45, 7) is 5.72. The van der Waals surface area contributed by atoms with Gasteiger partial charge >= 0.3 is 5.97 Å². The smallest absolute Gasteiger partial charge is 0.309 e. The number of hydrogen-bond donors (Lipinski definition) is 1. The topological polar surface area (TPSA) is 70.8 Å². The summed E-state index contributed by atoms with van der Waals surface area (Å²) in [4.78, 5) is 25.3. The lowest BCUT2D eigenvalue weighted by molar-refractivity contribution is -0.157. The molecule has 1 aromatic heterocycles. The van der Waals surface area contributed by atoms with Crippen molar-refractivity contribution in [1.29, 1.82) is 0 Å². The molecule has 1 N–H and O–H groups in total. The molecular weight excluding hydrogens is 246 g/mol. The average Bonchev–Trinajstić information content (AvgIpc) is 2.79. The SMILES string of the molecule is CC(C)(C)N1C(=O)CCC(C(=O)O)C1c1ccco1. The molecule has 1 aromatic rings. The zero-order valence-electron chi connectivity index (χ0n) is 11.4. The lowest BCUT2D eigenvalue weighted by Gasteiger charge is -2.46. The van der Waals surface area contributed by atoms with Crippen LogP contribution >= 0.6 is 0 Å². The van der Waals surface area contributed by atoms with Crippen molar-refractivity contribution < 1.29 is 19.1 Å². The van der Waals surface area contributed by atoms with E-state index in [9.17, 15) is 14.7 Å². The molecule has 0 spiro atoms. The van der Waals surface area contributed by atoms with Crippen LogP contribution in [0.4, 0.5) is 0 Å². The maximum atomic E-state index is 12.2. The lowest BCUT2D eigenvalue weighted by Crippen LogP contribution is -2.53. The first-order chi connectivity index (χ1) is 8.82. The quantitative estimate of drug-likeness (QED) is 0.891. The Labute approximate surface area is 112 Å². The summed E-state index contributed by atoms with van der Waals surface area (Å²) in [5, 5.41) is 9.40. The van der Waals surface area contributed by atoms with E-state index in [1.165, 1.54) is 6.26 Å². The predicted octanol–water partition coefficient (Wildman–Crippen LogP) is 2.44. The Kier molecular flexibility index (Phi) is 3.39. The van der Waals surface area contributed by atoms with Gasteiger partial charge in [-0.1, -0.05) is 0 Å². The van der Waals surface area contributed by atoms with E-state index in [2.05, 4.69) is 0 Å². The normalized spacial score (nSPS) is 24.6. The second kappa shape index (κ2) is 4.72. The fourth-order valence-electron chi connectivity index (χ4n) is 2.73. The minimum atomic E-state index is -0.886.